The first kappa shape index (κ1) is 25.6. The molecule has 0 amide bonds. The van der Waals surface area contributed by atoms with Gasteiger partial charge in [-0.1, -0.05) is 59.6 Å². The van der Waals surface area contributed by atoms with Crippen LogP contribution in [-0.4, -0.2) is 26.4 Å². The molecule has 156 valence electrons. The lowest BCUT2D eigenvalue weighted by molar-refractivity contribution is 0.333. The Morgan fingerprint density at radius 3 is 2.52 bits per heavy atom. The van der Waals surface area contributed by atoms with Gasteiger partial charge < -0.3 is 21.8 Å². The molecule has 1 aliphatic rings. The first-order valence-corrected chi connectivity index (χ1v) is 10.8. The smallest absolute Gasteiger partial charge is 0.0406 e. The van der Waals surface area contributed by atoms with Gasteiger partial charge in [0.15, 0.2) is 0 Å². The fraction of sp³-hybridized carbons (Fsp3) is 0.696. The van der Waals surface area contributed by atoms with E-state index >= 15 is 0 Å². The number of nitrogens with one attached hydrogen (secondary N) is 3. The minimum atomic E-state index is 0.429. The predicted molar refractivity (Wildman–Crippen MR) is 122 cm³/mol. The van der Waals surface area contributed by atoms with Crippen LogP contribution in [-0.2, 0) is 0 Å². The zero-order chi connectivity index (χ0) is 20.7. The summed E-state index contributed by atoms with van der Waals surface area (Å²) in [5.74, 6) is 1.63. The van der Waals surface area contributed by atoms with Crippen molar-refractivity contribution in [2.75, 3.05) is 25.9 Å². The second-order valence-corrected chi connectivity index (χ2v) is 7.48. The van der Waals surface area contributed by atoms with Crippen LogP contribution in [0.3, 0.4) is 0 Å². The van der Waals surface area contributed by atoms with E-state index in [1.54, 1.807) is 0 Å². The Hall–Kier alpha value is -1.39. The zero-order valence-electron chi connectivity index (χ0n) is 18.6. The summed E-state index contributed by atoms with van der Waals surface area (Å²) in [5, 5.41) is 13.9. The lowest BCUT2D eigenvalue weighted by atomic mass is 9.91. The number of piperidine rings is 1. The molecular formula is C23H44N4. The zero-order valence-corrected chi connectivity index (χ0v) is 18.6. The molecule has 0 bridgehead atoms. The molecule has 1 saturated heterocycles. The third kappa shape index (κ3) is 10.5. The summed E-state index contributed by atoms with van der Waals surface area (Å²) in [6, 6.07) is 6.42. The fourth-order valence-corrected chi connectivity index (χ4v) is 3.23. The molecule has 1 aromatic carbocycles. The summed E-state index contributed by atoms with van der Waals surface area (Å²) < 4.78 is 0. The highest BCUT2D eigenvalue weighted by Crippen LogP contribution is 2.27. The van der Waals surface area contributed by atoms with Crippen LogP contribution in [0.1, 0.15) is 83.9 Å². The van der Waals surface area contributed by atoms with E-state index in [1.165, 1.54) is 50.4 Å². The summed E-state index contributed by atoms with van der Waals surface area (Å²) in [6.45, 7) is 13.1. The number of hydrogen-bond donors (Lipinski definition) is 4. The summed E-state index contributed by atoms with van der Waals surface area (Å²) in [5.41, 5.74) is 8.63. The van der Waals surface area contributed by atoms with E-state index in [4.69, 9.17) is 11.1 Å². The van der Waals surface area contributed by atoms with Crippen molar-refractivity contribution in [2.45, 2.75) is 72.8 Å². The van der Waals surface area contributed by atoms with Crippen molar-refractivity contribution in [2.24, 2.45) is 11.8 Å². The summed E-state index contributed by atoms with van der Waals surface area (Å²) in [6.07, 6.45) is 7.82. The molecule has 0 aliphatic carbocycles. The third-order valence-electron chi connectivity index (χ3n) is 4.93. The maximum absolute atomic E-state index is 7.21. The molecule has 1 heterocycles. The molecule has 2 unspecified atom stereocenters. The molecular weight excluding hydrogens is 332 g/mol. The van der Waals surface area contributed by atoms with Crippen LogP contribution < -0.4 is 16.4 Å². The fourth-order valence-electron chi connectivity index (χ4n) is 3.23. The first-order valence-electron chi connectivity index (χ1n) is 10.8. The van der Waals surface area contributed by atoms with Gasteiger partial charge >= 0.3 is 0 Å². The molecule has 5 N–H and O–H groups in total. The Kier molecular flexibility index (Phi) is 14.8. The van der Waals surface area contributed by atoms with Gasteiger partial charge in [0.25, 0.3) is 0 Å². The lowest BCUT2D eigenvalue weighted by Gasteiger charge is -2.28. The van der Waals surface area contributed by atoms with Crippen molar-refractivity contribution in [3.05, 3.63) is 29.3 Å². The Bertz CT molecular complexity index is 493. The summed E-state index contributed by atoms with van der Waals surface area (Å²) in [7, 11) is 2.02. The van der Waals surface area contributed by atoms with E-state index in [0.29, 0.717) is 11.7 Å². The van der Waals surface area contributed by atoms with Crippen LogP contribution in [0.25, 0.3) is 0 Å². The second kappa shape index (κ2) is 15.6. The molecule has 4 nitrogen and oxygen atoms in total. The van der Waals surface area contributed by atoms with E-state index in [0.717, 1.165) is 23.9 Å². The average molecular weight is 377 g/mol. The average Bonchev–Trinajstić information content (AvgIpc) is 2.69. The van der Waals surface area contributed by atoms with Crippen molar-refractivity contribution in [3.63, 3.8) is 0 Å². The molecule has 3 atom stereocenters. The largest absolute Gasteiger partial charge is 0.398 e. The Morgan fingerprint density at radius 1 is 1.33 bits per heavy atom. The van der Waals surface area contributed by atoms with Crippen LogP contribution in [0.2, 0.25) is 0 Å². The number of benzene rings is 1. The van der Waals surface area contributed by atoms with Crippen LogP contribution in [0.5, 0.6) is 0 Å². The van der Waals surface area contributed by atoms with E-state index < -0.39 is 0 Å². The number of hydrogen-bond acceptors (Lipinski definition) is 4. The van der Waals surface area contributed by atoms with Gasteiger partial charge in [-0.3, -0.25) is 0 Å². The standard InChI is InChI=1S/C13H19N3.C8H19N.C2H6/c1-9-2-5-13(16-8-9)10-3-4-11(7-14)12(15)6-10;1-4-5-6-8(2)7-9-3;1-2/h3-4,6-7,9,13-14,16H,2,5,8,15H2,1H3;8-9H,4-7H2,1-3H3;1-2H3/t9?,13-;;/m1../s1. The molecule has 0 radical (unpaired) electrons. The maximum Gasteiger partial charge on any atom is 0.0406 e. The van der Waals surface area contributed by atoms with Crippen LogP contribution in [0, 0.1) is 17.2 Å². The molecule has 0 aromatic heterocycles. The van der Waals surface area contributed by atoms with E-state index in [9.17, 15) is 0 Å². The van der Waals surface area contributed by atoms with E-state index in [-0.39, 0.29) is 0 Å². The Balaban J connectivity index is 0.000000528. The molecule has 1 fully saturated rings. The van der Waals surface area contributed by atoms with Crippen molar-refractivity contribution in [1.82, 2.24) is 10.6 Å². The number of unbranched alkanes of at least 4 members (excludes halogenated alkanes) is 1. The van der Waals surface area contributed by atoms with Crippen molar-refractivity contribution in [1.29, 1.82) is 5.41 Å². The van der Waals surface area contributed by atoms with Gasteiger partial charge in [-0.15, -0.1) is 0 Å². The van der Waals surface area contributed by atoms with Gasteiger partial charge in [0.2, 0.25) is 0 Å². The highest BCUT2D eigenvalue weighted by atomic mass is 14.9. The normalized spacial score (nSPS) is 19.8. The van der Waals surface area contributed by atoms with Gasteiger partial charge in [0.05, 0.1) is 0 Å². The number of anilines is 1. The van der Waals surface area contributed by atoms with Crippen molar-refractivity contribution < 1.29 is 0 Å². The molecule has 2 rings (SSSR count). The topological polar surface area (TPSA) is 73.9 Å². The Labute approximate surface area is 168 Å². The van der Waals surface area contributed by atoms with Crippen molar-refractivity contribution >= 4 is 11.9 Å². The lowest BCUT2D eigenvalue weighted by Crippen LogP contribution is -2.31. The summed E-state index contributed by atoms with van der Waals surface area (Å²) >= 11 is 0. The van der Waals surface area contributed by atoms with Gasteiger partial charge in [0, 0.05) is 23.5 Å². The maximum atomic E-state index is 7.21. The molecule has 27 heavy (non-hydrogen) atoms. The van der Waals surface area contributed by atoms with E-state index in [2.05, 4.69) is 37.5 Å². The monoisotopic (exact) mass is 376 g/mol. The van der Waals surface area contributed by atoms with Gasteiger partial charge in [0.1, 0.15) is 0 Å². The molecule has 0 spiro atoms. The van der Waals surface area contributed by atoms with Gasteiger partial charge in [-0.05, 0) is 62.9 Å². The van der Waals surface area contributed by atoms with Gasteiger partial charge in [-0.2, -0.15) is 0 Å². The molecule has 1 aliphatic heterocycles. The molecule has 0 saturated carbocycles. The van der Waals surface area contributed by atoms with Gasteiger partial charge in [-0.25, -0.2) is 0 Å². The first-order chi connectivity index (χ1) is 13.0. The minimum Gasteiger partial charge on any atom is -0.398 e. The number of rotatable bonds is 7. The van der Waals surface area contributed by atoms with Crippen molar-refractivity contribution in [3.8, 4) is 0 Å². The van der Waals surface area contributed by atoms with E-state index in [1.807, 2.05) is 33.0 Å². The SMILES string of the molecule is CC.CC1CC[C@H](c2ccc(C=N)c(N)c2)NC1.CCCCC(C)CNC. The molecule has 4 heteroatoms. The number of nitrogens with two attached hydrogens (primary N) is 1. The second-order valence-electron chi connectivity index (χ2n) is 7.48. The van der Waals surface area contributed by atoms with Crippen LogP contribution in [0.15, 0.2) is 18.2 Å². The third-order valence-corrected chi connectivity index (χ3v) is 4.93. The quantitative estimate of drug-likeness (QED) is 0.381. The minimum absolute atomic E-state index is 0.429. The highest BCUT2D eigenvalue weighted by molar-refractivity contribution is 5.84. The predicted octanol–water partition coefficient (Wildman–Crippen LogP) is 5.39. The Morgan fingerprint density at radius 2 is 2.04 bits per heavy atom. The van der Waals surface area contributed by atoms with Crippen LogP contribution >= 0.6 is 0 Å². The number of nitrogen functional groups attached to an aromatic ring is 1. The highest BCUT2D eigenvalue weighted by Gasteiger charge is 2.19. The van der Waals surface area contributed by atoms with Crippen LogP contribution in [0.4, 0.5) is 5.69 Å². The summed E-state index contributed by atoms with van der Waals surface area (Å²) in [4.78, 5) is 0. The molecule has 1 aromatic rings.